The maximum absolute atomic E-state index is 13.5. The van der Waals surface area contributed by atoms with Crippen LogP contribution in [0.5, 0.6) is 0 Å². The van der Waals surface area contributed by atoms with Crippen molar-refractivity contribution in [1.29, 1.82) is 0 Å². The zero-order chi connectivity index (χ0) is 24.0. The van der Waals surface area contributed by atoms with Crippen LogP contribution in [0.15, 0.2) is 60.0 Å². The number of hydrogen-bond acceptors (Lipinski definition) is 7. The Bertz CT molecular complexity index is 1140. The number of anilines is 1. The second-order valence-corrected chi connectivity index (χ2v) is 9.58. The molecule has 2 aliphatic heterocycles. The van der Waals surface area contributed by atoms with E-state index in [1.807, 2.05) is 42.5 Å². The number of ether oxygens (including phenoxy) is 1. The third-order valence-corrected chi connectivity index (χ3v) is 7.14. The van der Waals surface area contributed by atoms with E-state index in [4.69, 9.17) is 4.74 Å². The Morgan fingerprint density at radius 2 is 1.69 bits per heavy atom. The molecule has 9 heteroatoms. The van der Waals surface area contributed by atoms with Crippen LogP contribution >= 0.6 is 11.3 Å². The van der Waals surface area contributed by atoms with Gasteiger partial charge in [-0.1, -0.05) is 54.6 Å². The Labute approximate surface area is 208 Å². The van der Waals surface area contributed by atoms with Gasteiger partial charge in [0, 0.05) is 44.6 Å². The topological polar surface area (TPSA) is 86.8 Å². The maximum atomic E-state index is 13.5. The van der Waals surface area contributed by atoms with Crippen molar-refractivity contribution in [2.45, 2.75) is 19.1 Å². The van der Waals surface area contributed by atoms with Gasteiger partial charge in [0.1, 0.15) is 11.7 Å². The molecule has 1 saturated heterocycles. The fourth-order valence-electron chi connectivity index (χ4n) is 4.56. The predicted molar refractivity (Wildman–Crippen MR) is 135 cm³/mol. The molecule has 182 valence electrons. The van der Waals surface area contributed by atoms with E-state index in [0.29, 0.717) is 30.5 Å². The summed E-state index contributed by atoms with van der Waals surface area (Å²) in [6.45, 7) is 5.97. The van der Waals surface area contributed by atoms with Crippen LogP contribution in [0.25, 0.3) is 0 Å². The number of fused-ring (bicyclic) bond motifs is 1. The molecule has 35 heavy (non-hydrogen) atoms. The minimum Gasteiger partial charge on any atom is -0.379 e. The van der Waals surface area contributed by atoms with Crippen molar-refractivity contribution in [3.8, 4) is 0 Å². The van der Waals surface area contributed by atoms with Crippen molar-refractivity contribution in [2.75, 3.05) is 44.7 Å². The lowest BCUT2D eigenvalue weighted by Gasteiger charge is -2.26. The van der Waals surface area contributed by atoms with Gasteiger partial charge < -0.3 is 15.4 Å². The van der Waals surface area contributed by atoms with Gasteiger partial charge in [0.2, 0.25) is 5.91 Å². The number of morpholine rings is 1. The quantitative estimate of drug-likeness (QED) is 0.504. The van der Waals surface area contributed by atoms with Crippen LogP contribution in [-0.2, 0) is 22.6 Å². The molecule has 5 rings (SSSR count). The van der Waals surface area contributed by atoms with Crippen LogP contribution in [0.3, 0.4) is 0 Å². The number of thiazole rings is 1. The lowest BCUT2D eigenvalue weighted by atomic mass is 10.0. The lowest BCUT2D eigenvalue weighted by Crippen LogP contribution is -2.41. The van der Waals surface area contributed by atoms with Crippen molar-refractivity contribution in [2.24, 2.45) is 0 Å². The van der Waals surface area contributed by atoms with Gasteiger partial charge in [-0.25, -0.2) is 4.98 Å². The second kappa shape index (κ2) is 11.1. The summed E-state index contributed by atoms with van der Waals surface area (Å²) in [6.07, 6.45) is 0. The summed E-state index contributed by atoms with van der Waals surface area (Å²) in [5, 5.41) is 7.98. The average molecular weight is 492 g/mol. The molecule has 0 saturated carbocycles. The van der Waals surface area contributed by atoms with Crippen LogP contribution in [0.2, 0.25) is 0 Å². The van der Waals surface area contributed by atoms with Gasteiger partial charge in [0.05, 0.1) is 13.2 Å². The van der Waals surface area contributed by atoms with Gasteiger partial charge in [0.25, 0.3) is 5.91 Å². The molecule has 8 nitrogen and oxygen atoms in total. The predicted octanol–water partition coefficient (Wildman–Crippen LogP) is 2.90. The highest BCUT2D eigenvalue weighted by Crippen LogP contribution is 2.32. The minimum atomic E-state index is -0.460. The first-order valence-electron chi connectivity index (χ1n) is 11.9. The Morgan fingerprint density at radius 3 is 2.40 bits per heavy atom. The molecular formula is C26H29N5O3S. The molecule has 2 aliphatic rings. The van der Waals surface area contributed by atoms with Crippen molar-refractivity contribution in [3.05, 3.63) is 82.4 Å². The zero-order valence-electron chi connectivity index (χ0n) is 19.5. The minimum absolute atomic E-state index is 0.155. The summed E-state index contributed by atoms with van der Waals surface area (Å²) < 4.78 is 5.35. The molecule has 0 radical (unpaired) electrons. The second-order valence-electron chi connectivity index (χ2n) is 8.72. The fourth-order valence-corrected chi connectivity index (χ4v) is 5.25. The van der Waals surface area contributed by atoms with E-state index < -0.39 is 6.04 Å². The zero-order valence-corrected chi connectivity index (χ0v) is 20.3. The molecule has 2 aromatic carbocycles. The van der Waals surface area contributed by atoms with Crippen molar-refractivity contribution < 1.29 is 14.3 Å². The molecule has 0 spiro atoms. The van der Waals surface area contributed by atoms with Crippen LogP contribution in [0, 0.1) is 0 Å². The summed E-state index contributed by atoms with van der Waals surface area (Å²) >= 11 is 1.26. The fraction of sp³-hybridized carbons (Fsp3) is 0.346. The Hall–Kier alpha value is -3.11. The number of benzene rings is 2. The molecule has 0 bridgehead atoms. The molecule has 0 unspecified atom stereocenters. The standard InChI is InChI=1S/C26H29N5O3S/c32-24(27-10-11-30-12-14-34-15-13-30)22-18-35-26(28-22)29-25(33)23(19-6-2-1-3-7-19)31-16-20-8-4-5-9-21(20)17-31/h1-9,18,23H,10-17H2,(H,27,32)(H,28,29,33)/t23-/m1/s1. The Balaban J connectivity index is 1.22. The number of rotatable bonds is 8. The monoisotopic (exact) mass is 491 g/mol. The highest BCUT2D eigenvalue weighted by Gasteiger charge is 2.32. The Morgan fingerprint density at radius 1 is 1.00 bits per heavy atom. The molecule has 3 aromatic rings. The van der Waals surface area contributed by atoms with E-state index in [9.17, 15) is 9.59 Å². The number of carbonyl (C=O) groups excluding carboxylic acids is 2. The number of aromatic nitrogens is 1. The van der Waals surface area contributed by atoms with Crippen LogP contribution < -0.4 is 10.6 Å². The van der Waals surface area contributed by atoms with Crippen molar-refractivity contribution >= 4 is 28.3 Å². The SMILES string of the molecule is O=C(NCCN1CCOCC1)c1csc(NC(=O)[C@@H](c2ccccc2)N2Cc3ccccc3C2)n1. The summed E-state index contributed by atoms with van der Waals surface area (Å²) in [5.74, 6) is -0.387. The van der Waals surface area contributed by atoms with Crippen molar-refractivity contribution in [3.63, 3.8) is 0 Å². The van der Waals surface area contributed by atoms with Gasteiger partial charge in [-0.3, -0.25) is 19.4 Å². The highest BCUT2D eigenvalue weighted by atomic mass is 32.1. The van der Waals surface area contributed by atoms with E-state index in [0.717, 1.165) is 38.4 Å². The molecule has 1 atom stereocenters. The maximum Gasteiger partial charge on any atom is 0.270 e. The molecule has 1 fully saturated rings. The van der Waals surface area contributed by atoms with Crippen LogP contribution in [0.4, 0.5) is 5.13 Å². The summed E-state index contributed by atoms with van der Waals surface area (Å²) in [6, 6.07) is 17.6. The first-order chi connectivity index (χ1) is 17.2. The smallest absolute Gasteiger partial charge is 0.270 e. The van der Waals surface area contributed by atoms with Gasteiger partial charge in [-0.15, -0.1) is 11.3 Å². The van der Waals surface area contributed by atoms with Crippen LogP contribution in [0.1, 0.15) is 33.2 Å². The van der Waals surface area contributed by atoms with E-state index in [-0.39, 0.29) is 11.8 Å². The van der Waals surface area contributed by atoms with Crippen molar-refractivity contribution in [1.82, 2.24) is 20.1 Å². The van der Waals surface area contributed by atoms with Crippen LogP contribution in [-0.4, -0.2) is 66.0 Å². The number of carbonyl (C=O) groups is 2. The molecule has 3 heterocycles. The lowest BCUT2D eigenvalue weighted by molar-refractivity contribution is -0.121. The molecule has 1 aromatic heterocycles. The number of amides is 2. The number of nitrogens with one attached hydrogen (secondary N) is 2. The Kier molecular flexibility index (Phi) is 7.48. The number of nitrogens with zero attached hydrogens (tertiary/aromatic N) is 3. The van der Waals surface area contributed by atoms with E-state index >= 15 is 0 Å². The normalized spacial score (nSPS) is 17.0. The van der Waals surface area contributed by atoms with E-state index in [2.05, 4.69) is 37.6 Å². The van der Waals surface area contributed by atoms with Gasteiger partial charge in [-0.05, 0) is 16.7 Å². The molecule has 2 amide bonds. The molecule has 0 aliphatic carbocycles. The number of hydrogen-bond donors (Lipinski definition) is 2. The third-order valence-electron chi connectivity index (χ3n) is 6.38. The molecular weight excluding hydrogens is 462 g/mol. The first-order valence-corrected chi connectivity index (χ1v) is 12.8. The first kappa shape index (κ1) is 23.6. The van der Waals surface area contributed by atoms with E-state index in [1.54, 1.807) is 5.38 Å². The highest BCUT2D eigenvalue weighted by molar-refractivity contribution is 7.14. The summed E-state index contributed by atoms with van der Waals surface area (Å²) in [5.41, 5.74) is 3.73. The third kappa shape index (κ3) is 5.76. The van der Waals surface area contributed by atoms with Gasteiger partial charge in [0.15, 0.2) is 5.13 Å². The van der Waals surface area contributed by atoms with Gasteiger partial charge in [-0.2, -0.15) is 0 Å². The van der Waals surface area contributed by atoms with Gasteiger partial charge >= 0.3 is 0 Å². The summed E-state index contributed by atoms with van der Waals surface area (Å²) in [4.78, 5) is 34.8. The summed E-state index contributed by atoms with van der Waals surface area (Å²) in [7, 11) is 0. The van der Waals surface area contributed by atoms with E-state index in [1.165, 1.54) is 22.5 Å². The average Bonchev–Trinajstić information content (AvgIpc) is 3.52. The molecule has 2 N–H and O–H groups in total. The largest absolute Gasteiger partial charge is 0.379 e.